The first-order valence-corrected chi connectivity index (χ1v) is 18.9. The SMILES string of the molecule is Cc1cc(N2CCN(c3ccncc3)CC2)ccc1C(OC(c1ccccc1)c1ccc(N2CCN(c3ccncc3)CC2)cc1C)c1ccccc1. The van der Waals surface area contributed by atoms with Crippen LogP contribution in [0.15, 0.2) is 146 Å². The Labute approximate surface area is 314 Å². The minimum Gasteiger partial charge on any atom is -0.368 e. The summed E-state index contributed by atoms with van der Waals surface area (Å²) in [6, 6.07) is 43.7. The standard InChI is InChI=1S/C46H48N6O/c1-35-33-41(51-29-25-49(26-30-51)39-17-21-47-22-18-39)13-15-43(35)45(37-9-5-3-6-10-37)53-46(38-11-7-4-8-12-38)44-16-14-42(34-36(44)2)52-31-27-50(28-32-52)40-19-23-48-24-20-40/h3-24,33-34,45-46H,25-32H2,1-2H3. The fourth-order valence-electron chi connectivity index (χ4n) is 7.91. The van der Waals surface area contributed by atoms with Gasteiger partial charge in [-0.25, -0.2) is 0 Å². The number of hydrogen-bond acceptors (Lipinski definition) is 7. The molecule has 0 radical (unpaired) electrons. The van der Waals surface area contributed by atoms with Gasteiger partial charge in [0.15, 0.2) is 0 Å². The summed E-state index contributed by atoms with van der Waals surface area (Å²) >= 11 is 0. The molecule has 8 rings (SSSR count). The van der Waals surface area contributed by atoms with Gasteiger partial charge in [0.2, 0.25) is 0 Å². The Morgan fingerprint density at radius 1 is 0.415 bits per heavy atom. The van der Waals surface area contributed by atoms with Crippen molar-refractivity contribution in [2.24, 2.45) is 0 Å². The average molecular weight is 701 g/mol. The predicted molar refractivity (Wildman–Crippen MR) is 217 cm³/mol. The van der Waals surface area contributed by atoms with Crippen molar-refractivity contribution in [3.8, 4) is 0 Å². The molecule has 53 heavy (non-hydrogen) atoms. The van der Waals surface area contributed by atoms with E-state index in [9.17, 15) is 0 Å². The maximum Gasteiger partial charge on any atom is 0.109 e. The molecule has 2 aromatic heterocycles. The molecule has 0 amide bonds. The molecule has 0 bridgehead atoms. The van der Waals surface area contributed by atoms with E-state index in [1.807, 2.05) is 24.8 Å². The van der Waals surface area contributed by atoms with Gasteiger partial charge in [-0.05, 0) is 95.8 Å². The molecule has 6 aromatic rings. The summed E-state index contributed by atoms with van der Waals surface area (Å²) in [6.45, 7) is 12.3. The van der Waals surface area contributed by atoms with Crippen LogP contribution in [0.1, 0.15) is 45.6 Å². The van der Waals surface area contributed by atoms with Gasteiger partial charge in [0, 0.05) is 99.9 Å². The van der Waals surface area contributed by atoms with Crippen molar-refractivity contribution in [3.63, 3.8) is 0 Å². The third kappa shape index (κ3) is 7.76. The second-order valence-electron chi connectivity index (χ2n) is 14.2. The van der Waals surface area contributed by atoms with Crippen LogP contribution in [0.25, 0.3) is 0 Å². The summed E-state index contributed by atoms with van der Waals surface area (Å²) in [5, 5.41) is 0. The number of nitrogens with zero attached hydrogens (tertiary/aromatic N) is 6. The summed E-state index contributed by atoms with van der Waals surface area (Å²) < 4.78 is 7.40. The molecule has 0 saturated carbocycles. The highest BCUT2D eigenvalue weighted by Crippen LogP contribution is 2.40. The topological polar surface area (TPSA) is 48.0 Å². The first-order chi connectivity index (χ1) is 26.1. The molecular weight excluding hydrogens is 653 g/mol. The zero-order valence-corrected chi connectivity index (χ0v) is 30.8. The number of aryl methyl sites for hydroxylation is 2. The molecule has 4 aromatic carbocycles. The number of piperazine rings is 2. The highest BCUT2D eigenvalue weighted by atomic mass is 16.5. The summed E-state index contributed by atoms with van der Waals surface area (Å²) in [5.74, 6) is 0. The zero-order chi connectivity index (χ0) is 36.0. The quantitative estimate of drug-likeness (QED) is 0.142. The minimum absolute atomic E-state index is 0.251. The lowest BCUT2D eigenvalue weighted by atomic mass is 9.93. The average Bonchev–Trinajstić information content (AvgIpc) is 3.23. The zero-order valence-electron chi connectivity index (χ0n) is 30.8. The predicted octanol–water partition coefficient (Wildman–Crippen LogP) is 8.64. The third-order valence-corrected chi connectivity index (χ3v) is 10.9. The van der Waals surface area contributed by atoms with Gasteiger partial charge in [-0.1, -0.05) is 72.8 Å². The van der Waals surface area contributed by atoms with E-state index in [4.69, 9.17) is 4.74 Å². The molecule has 268 valence electrons. The van der Waals surface area contributed by atoms with Gasteiger partial charge in [-0.3, -0.25) is 9.97 Å². The maximum atomic E-state index is 7.40. The van der Waals surface area contributed by atoms with Crippen LogP contribution in [0.4, 0.5) is 22.7 Å². The lowest BCUT2D eigenvalue weighted by Gasteiger charge is -2.38. The maximum absolute atomic E-state index is 7.40. The van der Waals surface area contributed by atoms with Crippen LogP contribution >= 0.6 is 0 Å². The molecule has 0 aliphatic carbocycles. The van der Waals surface area contributed by atoms with E-state index >= 15 is 0 Å². The van der Waals surface area contributed by atoms with Gasteiger partial charge in [-0.15, -0.1) is 0 Å². The highest BCUT2D eigenvalue weighted by molar-refractivity contribution is 5.57. The molecule has 2 aliphatic rings. The van der Waals surface area contributed by atoms with E-state index in [0.29, 0.717) is 0 Å². The number of anilines is 4. The Morgan fingerprint density at radius 2 is 0.755 bits per heavy atom. The molecule has 7 nitrogen and oxygen atoms in total. The lowest BCUT2D eigenvalue weighted by Crippen LogP contribution is -2.46. The van der Waals surface area contributed by atoms with Gasteiger partial charge in [0.25, 0.3) is 0 Å². The number of ether oxygens (including phenoxy) is 1. The Morgan fingerprint density at radius 3 is 1.09 bits per heavy atom. The fourth-order valence-corrected chi connectivity index (χ4v) is 7.91. The molecule has 7 heteroatoms. The number of hydrogen-bond donors (Lipinski definition) is 0. The second kappa shape index (κ2) is 15.9. The number of pyridine rings is 2. The Kier molecular flexibility index (Phi) is 10.3. The smallest absolute Gasteiger partial charge is 0.109 e. The molecule has 2 fully saturated rings. The van der Waals surface area contributed by atoms with Gasteiger partial charge >= 0.3 is 0 Å². The number of benzene rings is 4. The van der Waals surface area contributed by atoms with Crippen molar-refractivity contribution in [2.45, 2.75) is 26.1 Å². The van der Waals surface area contributed by atoms with Gasteiger partial charge in [0.05, 0.1) is 0 Å². The molecule has 2 saturated heterocycles. The largest absolute Gasteiger partial charge is 0.368 e. The van der Waals surface area contributed by atoms with E-state index in [1.165, 1.54) is 45.0 Å². The molecular formula is C46H48N6O. The third-order valence-electron chi connectivity index (χ3n) is 10.9. The van der Waals surface area contributed by atoms with Gasteiger partial charge in [0.1, 0.15) is 12.2 Å². The van der Waals surface area contributed by atoms with Crippen molar-refractivity contribution in [3.05, 3.63) is 179 Å². The fraction of sp³-hybridized carbons (Fsp3) is 0.261. The Balaban J connectivity index is 1.05. The van der Waals surface area contributed by atoms with Crippen LogP contribution in [0, 0.1) is 13.8 Å². The van der Waals surface area contributed by atoms with Crippen molar-refractivity contribution in [1.82, 2.24) is 9.97 Å². The Hall–Kier alpha value is -5.66. The summed E-state index contributed by atoms with van der Waals surface area (Å²) in [5.41, 5.74) is 12.2. The normalized spacial score (nSPS) is 16.0. The lowest BCUT2D eigenvalue weighted by molar-refractivity contribution is 0.0302. The summed E-state index contributed by atoms with van der Waals surface area (Å²) in [4.78, 5) is 18.3. The number of rotatable bonds is 10. The summed E-state index contributed by atoms with van der Waals surface area (Å²) in [7, 11) is 0. The van der Waals surface area contributed by atoms with Crippen molar-refractivity contribution in [2.75, 3.05) is 72.0 Å². The molecule has 2 aliphatic heterocycles. The van der Waals surface area contributed by atoms with E-state index in [-0.39, 0.29) is 12.2 Å². The second-order valence-corrected chi connectivity index (χ2v) is 14.2. The minimum atomic E-state index is -0.251. The highest BCUT2D eigenvalue weighted by Gasteiger charge is 2.27. The van der Waals surface area contributed by atoms with E-state index in [2.05, 4.69) is 165 Å². The van der Waals surface area contributed by atoms with Crippen LogP contribution < -0.4 is 19.6 Å². The molecule has 2 unspecified atom stereocenters. The Bertz CT molecular complexity index is 1910. The van der Waals surface area contributed by atoms with E-state index in [0.717, 1.165) is 63.5 Å². The van der Waals surface area contributed by atoms with Gasteiger partial charge in [-0.2, -0.15) is 0 Å². The van der Waals surface area contributed by atoms with Crippen LogP contribution in [-0.4, -0.2) is 62.3 Å². The first-order valence-electron chi connectivity index (χ1n) is 18.9. The molecule has 0 N–H and O–H groups in total. The van der Waals surface area contributed by atoms with Crippen molar-refractivity contribution >= 4 is 22.7 Å². The van der Waals surface area contributed by atoms with Crippen molar-refractivity contribution in [1.29, 1.82) is 0 Å². The van der Waals surface area contributed by atoms with Crippen molar-refractivity contribution < 1.29 is 4.74 Å². The van der Waals surface area contributed by atoms with Crippen LogP contribution in [0.2, 0.25) is 0 Å². The first kappa shape index (κ1) is 34.4. The van der Waals surface area contributed by atoms with Crippen LogP contribution in [-0.2, 0) is 4.74 Å². The summed E-state index contributed by atoms with van der Waals surface area (Å²) in [6.07, 6.45) is 7.00. The van der Waals surface area contributed by atoms with Crippen LogP contribution in [0.5, 0.6) is 0 Å². The van der Waals surface area contributed by atoms with E-state index < -0.39 is 0 Å². The monoisotopic (exact) mass is 700 g/mol. The van der Waals surface area contributed by atoms with Crippen LogP contribution in [0.3, 0.4) is 0 Å². The van der Waals surface area contributed by atoms with E-state index in [1.54, 1.807) is 0 Å². The molecule has 2 atom stereocenters. The van der Waals surface area contributed by atoms with Gasteiger partial charge < -0.3 is 24.3 Å². The molecule has 4 heterocycles. The number of aromatic nitrogens is 2. The molecule has 0 spiro atoms.